The quantitative estimate of drug-likeness (QED) is 0.0452. The van der Waals surface area contributed by atoms with E-state index < -0.39 is 71.9 Å². The van der Waals surface area contributed by atoms with E-state index in [0.29, 0.717) is 19.4 Å². The van der Waals surface area contributed by atoms with Crippen LogP contribution in [0, 0.1) is 0 Å². The summed E-state index contributed by atoms with van der Waals surface area (Å²) in [5, 5.41) is 16.6. The van der Waals surface area contributed by atoms with Gasteiger partial charge in [-0.25, -0.2) is 14.4 Å². The molecule has 3 atom stereocenters. The predicted octanol–water partition coefficient (Wildman–Crippen LogP) is 9.48. The van der Waals surface area contributed by atoms with Crippen molar-refractivity contribution in [3.8, 4) is 0 Å². The molecule has 65 heavy (non-hydrogen) atoms. The number of carbonyl (C=O) groups is 3. The molecule has 2 aliphatic rings. The number of piperidine rings is 1. The number of nitrogens with zero attached hydrogens (tertiary/aromatic N) is 6. The second kappa shape index (κ2) is 23.6. The van der Waals surface area contributed by atoms with Crippen molar-refractivity contribution in [2.45, 2.75) is 227 Å². The molecule has 0 aliphatic carbocycles. The van der Waals surface area contributed by atoms with E-state index >= 15 is 0 Å². The lowest BCUT2D eigenvalue weighted by Crippen LogP contribution is -2.51. The molecule has 2 fully saturated rings. The summed E-state index contributed by atoms with van der Waals surface area (Å²) in [4.78, 5) is 45.0. The largest absolute Gasteiger partial charge is 0.444 e. The zero-order chi connectivity index (χ0) is 49.0. The number of fused-ring (bicyclic) bond motifs is 2. The van der Waals surface area contributed by atoms with Gasteiger partial charge in [0.1, 0.15) is 17.2 Å². The third kappa shape index (κ3) is 17.3. The number of hydroxylamine groups is 4. The number of nitrogens with one attached hydrogen (secondary N) is 2. The van der Waals surface area contributed by atoms with Crippen molar-refractivity contribution in [3.05, 3.63) is 11.8 Å². The van der Waals surface area contributed by atoms with Crippen LogP contribution in [-0.2, 0) is 39.3 Å². The van der Waals surface area contributed by atoms with Crippen LogP contribution >= 0.6 is 0 Å². The van der Waals surface area contributed by atoms with Crippen molar-refractivity contribution in [1.29, 1.82) is 0 Å². The molecule has 19 nitrogen and oxygen atoms in total. The Morgan fingerprint density at radius 1 is 0.892 bits per heavy atom. The summed E-state index contributed by atoms with van der Waals surface area (Å²) in [6, 6.07) is -1.82. The van der Waals surface area contributed by atoms with Crippen LogP contribution in [0.2, 0.25) is 18.1 Å². The van der Waals surface area contributed by atoms with E-state index in [-0.39, 0.29) is 42.3 Å². The maximum Gasteiger partial charge on any atom is 0.437 e. The highest BCUT2D eigenvalue weighted by atomic mass is 32.3. The molecule has 21 heteroatoms. The lowest BCUT2D eigenvalue weighted by Gasteiger charge is -2.43. The van der Waals surface area contributed by atoms with Gasteiger partial charge in [0, 0.05) is 25.2 Å². The van der Waals surface area contributed by atoms with Gasteiger partial charge in [-0.2, -0.15) is 22.8 Å². The topological polar surface area (TPSA) is 217 Å². The van der Waals surface area contributed by atoms with Crippen molar-refractivity contribution in [3.63, 3.8) is 0 Å². The number of hydrogen-bond acceptors (Lipinski definition) is 14. The maximum atomic E-state index is 14.0. The van der Waals surface area contributed by atoms with Crippen molar-refractivity contribution in [2.75, 3.05) is 19.6 Å². The van der Waals surface area contributed by atoms with Gasteiger partial charge in [0.25, 0.3) is 0 Å². The highest BCUT2D eigenvalue weighted by Crippen LogP contribution is 2.41. The summed E-state index contributed by atoms with van der Waals surface area (Å²) < 4.78 is 62.9. The lowest BCUT2D eigenvalue weighted by molar-refractivity contribution is -0.172. The van der Waals surface area contributed by atoms with Gasteiger partial charge in [0.2, 0.25) is 17.7 Å². The number of hydrogen-bond donors (Lipinski definition) is 2. The Morgan fingerprint density at radius 2 is 1.51 bits per heavy atom. The third-order valence-corrected chi connectivity index (χ3v) is 17.0. The average Bonchev–Trinajstić information content (AvgIpc) is 3.72. The highest BCUT2D eigenvalue weighted by molar-refractivity contribution is 7.81. The fraction of sp³-hybridized carbons (Fsp3) is 0.864. The molecule has 3 heterocycles. The summed E-state index contributed by atoms with van der Waals surface area (Å²) in [6.45, 7) is 29.8. The van der Waals surface area contributed by atoms with Crippen LogP contribution in [-0.4, -0.2) is 115 Å². The molecule has 2 bridgehead atoms. The van der Waals surface area contributed by atoms with Gasteiger partial charge in [0.05, 0.1) is 18.6 Å². The Kier molecular flexibility index (Phi) is 20.3. The third-order valence-electron chi connectivity index (χ3n) is 11.8. The molecule has 1 aromatic heterocycles. The normalized spacial score (nSPS) is 18.3. The highest BCUT2D eigenvalue weighted by Gasteiger charge is 2.50. The number of amides is 4. The number of aliphatic imine (C=N–C) groups is 1. The van der Waals surface area contributed by atoms with E-state index in [1.165, 1.54) is 4.90 Å². The molecule has 0 spiro atoms. The standard InChI is InChI=1S/C44H82N8O11SSi/c1-16-20-26-44(25-19-4,27-21-17-2)51(28-22-18-3)62-64(56,57)63-52-32-23-24-34(50(31-32)40(52)55)36-49-48-35(58-36)29-33(61-65(14,15)43(11,12)13)30-45-37(46-38(53)59-41(5,6)7)47-39(54)60-42(8,9)10/h32-34H,16-31H2,1-15H3,(H2,45,46,47,53,54)/t32-,33?,34-/m0/s1. The minimum atomic E-state index is -4.70. The second-order valence-corrected chi connectivity index (χ2v) is 26.8. The van der Waals surface area contributed by atoms with Crippen molar-refractivity contribution >= 4 is 42.9 Å². The van der Waals surface area contributed by atoms with Crippen LogP contribution < -0.4 is 10.6 Å². The van der Waals surface area contributed by atoms with Crippen LogP contribution in [0.1, 0.15) is 185 Å². The van der Waals surface area contributed by atoms with Gasteiger partial charge in [-0.3, -0.25) is 5.32 Å². The molecule has 0 radical (unpaired) electrons. The van der Waals surface area contributed by atoms with E-state index in [0.717, 1.165) is 69.3 Å². The number of rotatable bonds is 23. The average molecular weight is 959 g/mol. The molecule has 3 rings (SSSR count). The van der Waals surface area contributed by atoms with Gasteiger partial charge < -0.3 is 28.5 Å². The fourth-order valence-electron chi connectivity index (χ4n) is 7.62. The van der Waals surface area contributed by atoms with Gasteiger partial charge in [-0.05, 0) is 98.2 Å². The molecule has 374 valence electrons. The minimum absolute atomic E-state index is 0.0485. The summed E-state index contributed by atoms with van der Waals surface area (Å²) >= 11 is 0. The molecule has 4 amide bonds. The fourth-order valence-corrected chi connectivity index (χ4v) is 9.83. The predicted molar refractivity (Wildman–Crippen MR) is 250 cm³/mol. The monoisotopic (exact) mass is 959 g/mol. The Labute approximate surface area is 390 Å². The Morgan fingerprint density at radius 3 is 2.06 bits per heavy atom. The number of alkyl carbamates (subject to hydrolysis) is 1. The Hall–Kier alpha value is -3.37. The molecule has 0 saturated carbocycles. The first-order valence-electron chi connectivity index (χ1n) is 23.6. The van der Waals surface area contributed by atoms with E-state index in [1.54, 1.807) is 46.6 Å². The molecule has 2 saturated heterocycles. The number of ether oxygens (including phenoxy) is 2. The Bertz CT molecular complexity index is 1830. The van der Waals surface area contributed by atoms with Gasteiger partial charge in [-0.15, -0.1) is 19.5 Å². The first kappa shape index (κ1) is 56.0. The van der Waals surface area contributed by atoms with E-state index in [9.17, 15) is 22.8 Å². The molecule has 0 aromatic carbocycles. The van der Waals surface area contributed by atoms with Crippen LogP contribution in [0.15, 0.2) is 9.41 Å². The number of unbranched alkanes of at least 4 members (excludes halogenated alkanes) is 3. The van der Waals surface area contributed by atoms with E-state index in [2.05, 4.69) is 87.4 Å². The summed E-state index contributed by atoms with van der Waals surface area (Å²) in [5.74, 6) is 0.212. The van der Waals surface area contributed by atoms with Gasteiger partial charge >= 0.3 is 28.6 Å². The van der Waals surface area contributed by atoms with Gasteiger partial charge in [-0.1, -0.05) is 87.0 Å². The summed E-state index contributed by atoms with van der Waals surface area (Å²) in [5.41, 5.74) is -2.14. The molecule has 1 aromatic rings. The van der Waals surface area contributed by atoms with E-state index in [1.807, 2.05) is 0 Å². The molecular formula is C44H82N8O11SSi. The van der Waals surface area contributed by atoms with Crippen LogP contribution in [0.4, 0.5) is 14.4 Å². The minimum Gasteiger partial charge on any atom is -0.444 e. The van der Waals surface area contributed by atoms with E-state index in [4.69, 9.17) is 26.9 Å². The zero-order valence-corrected chi connectivity index (χ0v) is 43.9. The smallest absolute Gasteiger partial charge is 0.437 e. The van der Waals surface area contributed by atoms with Crippen LogP contribution in [0.5, 0.6) is 0 Å². The molecular weight excluding hydrogens is 877 g/mol. The SMILES string of the molecule is CCCCN(OS(=O)(=O)ON1C(=O)N2C[C@@H]1CC[C@H]2c1nnc(CC(CN/C(=N\C(=O)OC(C)(C)C)NC(=O)OC(C)(C)C)O[Si](C)(C)C(C)(C)C)o1)C(CCC)(CCCC)CCCC. The summed E-state index contributed by atoms with van der Waals surface area (Å²) in [7, 11) is -7.15. The summed E-state index contributed by atoms with van der Waals surface area (Å²) in [6.07, 6.45) is 7.17. The lowest BCUT2D eigenvalue weighted by atomic mass is 9.82. The number of guanidine groups is 1. The first-order valence-corrected chi connectivity index (χ1v) is 27.9. The number of aromatic nitrogens is 2. The first-order chi connectivity index (χ1) is 30.1. The van der Waals surface area contributed by atoms with Crippen molar-refractivity contribution in [1.82, 2.24) is 35.9 Å². The molecule has 1 unspecified atom stereocenters. The second-order valence-electron chi connectivity index (χ2n) is 20.9. The number of urea groups is 1. The van der Waals surface area contributed by atoms with Crippen molar-refractivity contribution < 1.29 is 49.7 Å². The zero-order valence-electron chi connectivity index (χ0n) is 42.1. The van der Waals surface area contributed by atoms with Gasteiger partial charge in [0.15, 0.2) is 8.32 Å². The molecule has 2 aliphatic heterocycles. The number of carbonyl (C=O) groups excluding carboxylic acids is 3. The van der Waals surface area contributed by atoms with Crippen molar-refractivity contribution in [2.24, 2.45) is 4.99 Å². The maximum absolute atomic E-state index is 14.0. The Balaban J connectivity index is 1.85. The van der Waals surface area contributed by atoms with Crippen LogP contribution in [0.25, 0.3) is 0 Å². The molecule has 2 N–H and O–H groups in total. The van der Waals surface area contributed by atoms with Crippen LogP contribution in [0.3, 0.4) is 0 Å².